The van der Waals surface area contributed by atoms with Gasteiger partial charge in [-0.2, -0.15) is 0 Å². The number of carbonyl (C=O) groups is 1. The minimum atomic E-state index is -0.333. The van der Waals surface area contributed by atoms with E-state index in [0.717, 1.165) is 5.56 Å². The Morgan fingerprint density at radius 1 is 1.24 bits per heavy atom. The summed E-state index contributed by atoms with van der Waals surface area (Å²) in [5, 5.41) is 14.8. The van der Waals surface area contributed by atoms with E-state index in [0.29, 0.717) is 6.42 Å². The van der Waals surface area contributed by atoms with Crippen LogP contribution in [-0.2, 0) is 0 Å². The number of amides is 2. The van der Waals surface area contributed by atoms with Crippen molar-refractivity contribution < 1.29 is 14.3 Å². The summed E-state index contributed by atoms with van der Waals surface area (Å²) in [7, 11) is 0. The van der Waals surface area contributed by atoms with Gasteiger partial charge in [-0.05, 0) is 29.5 Å². The molecule has 1 rings (SSSR count). The van der Waals surface area contributed by atoms with Crippen LogP contribution in [0.4, 0.5) is 9.18 Å². The molecule has 0 fully saturated rings. The minimum absolute atomic E-state index is 0.0966. The number of rotatable bonds is 5. The number of aliphatic hydroxyl groups is 1. The lowest BCUT2D eigenvalue weighted by atomic mass is 9.82. The van der Waals surface area contributed by atoms with Crippen molar-refractivity contribution in [3.63, 3.8) is 0 Å². The zero-order chi connectivity index (χ0) is 16.0. The van der Waals surface area contributed by atoms with Crippen LogP contribution in [0, 0.1) is 11.2 Å². The van der Waals surface area contributed by atoms with Gasteiger partial charge in [0.1, 0.15) is 5.82 Å². The first-order chi connectivity index (χ1) is 9.77. The second kappa shape index (κ2) is 7.41. The summed E-state index contributed by atoms with van der Waals surface area (Å²) < 4.78 is 13.0. The number of benzene rings is 1. The summed E-state index contributed by atoms with van der Waals surface area (Å²) in [6.45, 7) is 7.81. The van der Waals surface area contributed by atoms with Crippen molar-refractivity contribution in [3.8, 4) is 0 Å². The molecule has 2 atom stereocenters. The zero-order valence-electron chi connectivity index (χ0n) is 13.1. The van der Waals surface area contributed by atoms with Gasteiger partial charge in [-0.3, -0.25) is 0 Å². The standard InChI is InChI=1S/C16H25FN2O2/c1-5-13(10-20)18-15(21)19-14(16(2,3)4)11-6-8-12(17)9-7-11/h6-9,13-14,20H,5,10H2,1-4H3,(H2,18,19,21). The molecule has 2 amide bonds. The first kappa shape index (κ1) is 17.4. The van der Waals surface area contributed by atoms with Gasteiger partial charge in [0, 0.05) is 0 Å². The van der Waals surface area contributed by atoms with Crippen LogP contribution in [0.15, 0.2) is 24.3 Å². The monoisotopic (exact) mass is 296 g/mol. The Hall–Kier alpha value is -1.62. The fraction of sp³-hybridized carbons (Fsp3) is 0.562. The number of urea groups is 1. The first-order valence-electron chi connectivity index (χ1n) is 7.21. The molecule has 0 saturated carbocycles. The van der Waals surface area contributed by atoms with Gasteiger partial charge in [0.2, 0.25) is 0 Å². The average molecular weight is 296 g/mol. The number of aliphatic hydroxyl groups excluding tert-OH is 1. The lowest BCUT2D eigenvalue weighted by Crippen LogP contribution is -2.47. The average Bonchev–Trinajstić information content (AvgIpc) is 2.42. The van der Waals surface area contributed by atoms with Gasteiger partial charge in [0.15, 0.2) is 0 Å². The largest absolute Gasteiger partial charge is 0.394 e. The Bertz CT molecular complexity index is 450. The predicted molar refractivity (Wildman–Crippen MR) is 81.4 cm³/mol. The van der Waals surface area contributed by atoms with Gasteiger partial charge in [-0.15, -0.1) is 0 Å². The SMILES string of the molecule is CCC(CO)NC(=O)NC(c1ccc(F)cc1)C(C)(C)C. The highest BCUT2D eigenvalue weighted by Crippen LogP contribution is 2.32. The summed E-state index contributed by atoms with van der Waals surface area (Å²) in [5.74, 6) is -0.304. The smallest absolute Gasteiger partial charge is 0.315 e. The fourth-order valence-corrected chi connectivity index (χ4v) is 2.09. The summed E-state index contributed by atoms with van der Waals surface area (Å²) in [6, 6.07) is 5.27. The molecule has 0 saturated heterocycles. The fourth-order valence-electron chi connectivity index (χ4n) is 2.09. The molecule has 0 aliphatic rings. The van der Waals surface area contributed by atoms with Crippen molar-refractivity contribution >= 4 is 6.03 Å². The second-order valence-electron chi connectivity index (χ2n) is 6.26. The van der Waals surface area contributed by atoms with Gasteiger partial charge in [-0.1, -0.05) is 39.8 Å². The topological polar surface area (TPSA) is 61.4 Å². The van der Waals surface area contributed by atoms with Gasteiger partial charge in [0.05, 0.1) is 18.7 Å². The van der Waals surface area contributed by atoms with Gasteiger partial charge < -0.3 is 15.7 Å². The van der Waals surface area contributed by atoms with Crippen LogP contribution in [0.3, 0.4) is 0 Å². The van der Waals surface area contributed by atoms with E-state index in [9.17, 15) is 9.18 Å². The lowest BCUT2D eigenvalue weighted by molar-refractivity contribution is 0.200. The van der Waals surface area contributed by atoms with E-state index in [2.05, 4.69) is 10.6 Å². The molecule has 4 nitrogen and oxygen atoms in total. The van der Waals surface area contributed by atoms with Crippen LogP contribution >= 0.6 is 0 Å². The molecule has 0 radical (unpaired) electrons. The maximum Gasteiger partial charge on any atom is 0.315 e. The number of halogens is 1. The minimum Gasteiger partial charge on any atom is -0.394 e. The predicted octanol–water partition coefficient (Wildman–Crippen LogP) is 2.98. The molecule has 0 spiro atoms. The highest BCUT2D eigenvalue weighted by atomic mass is 19.1. The second-order valence-corrected chi connectivity index (χ2v) is 6.26. The van der Waals surface area contributed by atoms with Crippen molar-refractivity contribution in [2.45, 2.75) is 46.2 Å². The molecular formula is C16H25FN2O2. The molecule has 0 heterocycles. The van der Waals surface area contributed by atoms with Crippen LogP contribution in [0.25, 0.3) is 0 Å². The van der Waals surface area contributed by atoms with E-state index < -0.39 is 0 Å². The third-order valence-electron chi connectivity index (χ3n) is 3.39. The molecule has 3 N–H and O–H groups in total. The molecular weight excluding hydrogens is 271 g/mol. The molecule has 0 aliphatic heterocycles. The molecule has 1 aromatic carbocycles. The molecule has 0 bridgehead atoms. The Kier molecular flexibility index (Phi) is 6.15. The highest BCUT2D eigenvalue weighted by Gasteiger charge is 2.28. The Morgan fingerprint density at radius 3 is 2.24 bits per heavy atom. The molecule has 118 valence electrons. The summed E-state index contributed by atoms with van der Waals surface area (Å²) in [4.78, 5) is 12.1. The van der Waals surface area contributed by atoms with Crippen LogP contribution in [0.1, 0.15) is 45.7 Å². The van der Waals surface area contributed by atoms with Crippen LogP contribution in [-0.4, -0.2) is 23.8 Å². The van der Waals surface area contributed by atoms with Crippen LogP contribution < -0.4 is 10.6 Å². The van der Waals surface area contributed by atoms with E-state index in [1.165, 1.54) is 12.1 Å². The molecule has 21 heavy (non-hydrogen) atoms. The highest BCUT2D eigenvalue weighted by molar-refractivity contribution is 5.75. The number of nitrogens with one attached hydrogen (secondary N) is 2. The maximum atomic E-state index is 13.0. The Labute approximate surface area is 125 Å². The molecule has 5 heteroatoms. The maximum absolute atomic E-state index is 13.0. The Balaban J connectivity index is 2.85. The number of carbonyl (C=O) groups excluding carboxylic acids is 1. The van der Waals surface area contributed by atoms with E-state index in [4.69, 9.17) is 5.11 Å². The van der Waals surface area contributed by atoms with E-state index in [-0.39, 0.29) is 36.0 Å². The van der Waals surface area contributed by atoms with E-state index >= 15 is 0 Å². The van der Waals surface area contributed by atoms with Crippen molar-refractivity contribution in [1.29, 1.82) is 0 Å². The summed E-state index contributed by atoms with van der Waals surface area (Å²) >= 11 is 0. The first-order valence-corrected chi connectivity index (χ1v) is 7.21. The van der Waals surface area contributed by atoms with E-state index in [1.807, 2.05) is 27.7 Å². The molecule has 0 aromatic heterocycles. The summed E-state index contributed by atoms with van der Waals surface area (Å²) in [5.41, 5.74) is 0.618. The van der Waals surface area contributed by atoms with Gasteiger partial charge in [0.25, 0.3) is 0 Å². The zero-order valence-corrected chi connectivity index (χ0v) is 13.1. The quantitative estimate of drug-likeness (QED) is 0.782. The van der Waals surface area contributed by atoms with Crippen LogP contribution in [0.5, 0.6) is 0 Å². The lowest BCUT2D eigenvalue weighted by Gasteiger charge is -2.32. The third kappa shape index (κ3) is 5.34. The van der Waals surface area contributed by atoms with Crippen molar-refractivity contribution in [2.24, 2.45) is 5.41 Å². The number of hydrogen-bond donors (Lipinski definition) is 3. The summed E-state index contributed by atoms with van der Waals surface area (Å²) in [6.07, 6.45) is 0.653. The molecule has 0 aliphatic carbocycles. The van der Waals surface area contributed by atoms with Crippen molar-refractivity contribution in [1.82, 2.24) is 10.6 Å². The third-order valence-corrected chi connectivity index (χ3v) is 3.39. The van der Waals surface area contributed by atoms with Crippen molar-refractivity contribution in [3.05, 3.63) is 35.6 Å². The Morgan fingerprint density at radius 2 is 1.81 bits per heavy atom. The van der Waals surface area contributed by atoms with Crippen molar-refractivity contribution in [2.75, 3.05) is 6.61 Å². The normalized spacial score (nSPS) is 14.4. The van der Waals surface area contributed by atoms with Gasteiger partial charge >= 0.3 is 6.03 Å². The number of hydrogen-bond acceptors (Lipinski definition) is 2. The van der Waals surface area contributed by atoms with E-state index in [1.54, 1.807) is 12.1 Å². The molecule has 1 aromatic rings. The molecule has 2 unspecified atom stereocenters. The van der Waals surface area contributed by atoms with Crippen LogP contribution in [0.2, 0.25) is 0 Å². The van der Waals surface area contributed by atoms with Gasteiger partial charge in [-0.25, -0.2) is 9.18 Å².